The van der Waals surface area contributed by atoms with Crippen LogP contribution in [0.4, 0.5) is 4.79 Å². The normalized spacial score (nSPS) is 12.4. The minimum absolute atomic E-state index is 0.403. The molecule has 0 aliphatic carbocycles. The molecule has 2 aromatic heterocycles. The van der Waals surface area contributed by atoms with Gasteiger partial charge in [-0.2, -0.15) is 5.10 Å². The molecular formula is C17H26N4O2. The summed E-state index contributed by atoms with van der Waals surface area (Å²) in [5.41, 5.74) is 1.30. The summed E-state index contributed by atoms with van der Waals surface area (Å²) in [5.74, 6) is 0. The summed E-state index contributed by atoms with van der Waals surface area (Å²) < 4.78 is 7.14. The first-order chi connectivity index (χ1) is 10.7. The molecule has 0 radical (unpaired) electrons. The smallest absolute Gasteiger partial charge is 0.408 e. The molecule has 2 heterocycles. The second-order valence-electron chi connectivity index (χ2n) is 7.31. The molecule has 0 saturated heterocycles. The Hall–Kier alpha value is -2.08. The summed E-state index contributed by atoms with van der Waals surface area (Å²) in [6.07, 6.45) is 3.38. The van der Waals surface area contributed by atoms with Gasteiger partial charge in [-0.15, -0.1) is 0 Å². The minimum Gasteiger partial charge on any atom is -0.444 e. The molecule has 0 atom stereocenters. The van der Waals surface area contributed by atoms with E-state index in [1.165, 1.54) is 0 Å². The van der Waals surface area contributed by atoms with Gasteiger partial charge in [-0.3, -0.25) is 0 Å². The van der Waals surface area contributed by atoms with Gasteiger partial charge >= 0.3 is 6.09 Å². The predicted molar refractivity (Wildman–Crippen MR) is 90.3 cm³/mol. The number of nitrogens with one attached hydrogen (secondary N) is 2. The summed E-state index contributed by atoms with van der Waals surface area (Å²) in [5, 5.41) is 10.6. The van der Waals surface area contributed by atoms with Crippen molar-refractivity contribution in [3.63, 3.8) is 0 Å². The number of carbonyl (C=O) groups is 1. The molecular weight excluding hydrogens is 292 g/mol. The number of alkyl carbamates (subject to hydrolysis) is 1. The van der Waals surface area contributed by atoms with Crippen molar-refractivity contribution < 1.29 is 9.53 Å². The lowest BCUT2D eigenvalue weighted by molar-refractivity contribution is 0.0472. The highest BCUT2D eigenvalue weighted by molar-refractivity contribution is 5.68. The minimum atomic E-state index is -0.495. The number of amides is 1. The maximum Gasteiger partial charge on any atom is 0.408 e. The predicted octanol–water partition coefficient (Wildman–Crippen LogP) is 2.73. The van der Waals surface area contributed by atoms with E-state index in [9.17, 15) is 4.79 Å². The van der Waals surface area contributed by atoms with Crippen LogP contribution in [0, 0.1) is 0 Å². The number of fused-ring (bicyclic) bond motifs is 1. The van der Waals surface area contributed by atoms with E-state index in [2.05, 4.69) is 15.7 Å². The molecule has 0 aromatic carbocycles. The monoisotopic (exact) mass is 318 g/mol. The molecule has 6 heteroatoms. The van der Waals surface area contributed by atoms with Crippen LogP contribution in [-0.2, 0) is 11.3 Å². The van der Waals surface area contributed by atoms with Crippen LogP contribution in [0.15, 0.2) is 30.6 Å². The Kier molecular flexibility index (Phi) is 4.94. The van der Waals surface area contributed by atoms with Crippen LogP contribution in [0.5, 0.6) is 0 Å². The van der Waals surface area contributed by atoms with Crippen molar-refractivity contribution in [2.45, 2.75) is 52.3 Å². The van der Waals surface area contributed by atoms with E-state index in [4.69, 9.17) is 4.74 Å². The van der Waals surface area contributed by atoms with Crippen LogP contribution in [0.1, 0.15) is 40.2 Å². The van der Waals surface area contributed by atoms with E-state index < -0.39 is 17.2 Å². The van der Waals surface area contributed by atoms with Crippen LogP contribution in [0.2, 0.25) is 0 Å². The molecule has 0 saturated carbocycles. The lowest BCUT2D eigenvalue weighted by atomic mass is 10.1. The summed E-state index contributed by atoms with van der Waals surface area (Å²) in [6.45, 7) is 10.8. The molecule has 2 aromatic rings. The van der Waals surface area contributed by atoms with Gasteiger partial charge in [-0.25, -0.2) is 9.31 Å². The quantitative estimate of drug-likeness (QED) is 0.889. The number of aromatic nitrogens is 2. The van der Waals surface area contributed by atoms with Gasteiger partial charge in [0.05, 0.1) is 17.3 Å². The van der Waals surface area contributed by atoms with Gasteiger partial charge in [-0.05, 0) is 46.8 Å². The van der Waals surface area contributed by atoms with Gasteiger partial charge in [0.25, 0.3) is 0 Å². The second kappa shape index (κ2) is 6.58. The van der Waals surface area contributed by atoms with Gasteiger partial charge in [0.2, 0.25) is 0 Å². The zero-order chi connectivity index (χ0) is 17.1. The number of carbonyl (C=O) groups excluding carboxylic acids is 1. The molecule has 0 aliphatic heterocycles. The molecule has 1 amide bonds. The van der Waals surface area contributed by atoms with E-state index >= 15 is 0 Å². The molecule has 0 spiro atoms. The van der Waals surface area contributed by atoms with Crippen molar-refractivity contribution in [3.05, 3.63) is 36.2 Å². The largest absolute Gasteiger partial charge is 0.444 e. The van der Waals surface area contributed by atoms with Crippen LogP contribution in [-0.4, -0.2) is 33.4 Å². The number of hydrogen-bond donors (Lipinski definition) is 2. The summed E-state index contributed by atoms with van der Waals surface area (Å²) in [4.78, 5) is 11.9. The zero-order valence-corrected chi connectivity index (χ0v) is 14.5. The third kappa shape index (κ3) is 5.25. The van der Waals surface area contributed by atoms with E-state index in [1.54, 1.807) is 0 Å². The number of rotatable bonds is 5. The number of nitrogens with zero attached hydrogens (tertiary/aromatic N) is 2. The topological polar surface area (TPSA) is 67.7 Å². The number of pyridine rings is 1. The van der Waals surface area contributed by atoms with Crippen molar-refractivity contribution in [1.82, 2.24) is 20.2 Å². The van der Waals surface area contributed by atoms with Crippen molar-refractivity contribution in [2.24, 2.45) is 0 Å². The molecule has 2 rings (SSSR count). The standard InChI is InChI=1S/C17H26N4O2/c1-16(2,3)23-15(22)20-17(4,5)12-18-10-13-11-19-21-9-7-6-8-14(13)21/h6-9,11,18H,10,12H2,1-5H3,(H,20,22). The maximum atomic E-state index is 11.9. The highest BCUT2D eigenvalue weighted by Gasteiger charge is 2.24. The third-order valence-electron chi connectivity index (χ3n) is 3.23. The van der Waals surface area contributed by atoms with E-state index in [0.29, 0.717) is 13.1 Å². The molecule has 0 aliphatic rings. The zero-order valence-electron chi connectivity index (χ0n) is 14.5. The molecule has 23 heavy (non-hydrogen) atoms. The van der Waals surface area contributed by atoms with Crippen LogP contribution in [0.25, 0.3) is 5.52 Å². The first kappa shape index (κ1) is 17.3. The molecule has 0 fully saturated rings. The van der Waals surface area contributed by atoms with E-state index in [1.807, 2.05) is 69.7 Å². The summed E-state index contributed by atoms with van der Waals surface area (Å²) >= 11 is 0. The average Bonchev–Trinajstić information content (AvgIpc) is 2.79. The van der Waals surface area contributed by atoms with Crippen LogP contribution >= 0.6 is 0 Å². The highest BCUT2D eigenvalue weighted by Crippen LogP contribution is 2.11. The van der Waals surface area contributed by atoms with Gasteiger partial charge in [0, 0.05) is 24.8 Å². The van der Waals surface area contributed by atoms with Gasteiger partial charge in [-0.1, -0.05) is 6.07 Å². The Morgan fingerprint density at radius 2 is 2.00 bits per heavy atom. The molecule has 0 bridgehead atoms. The Morgan fingerprint density at radius 3 is 2.70 bits per heavy atom. The fraction of sp³-hybridized carbons (Fsp3) is 0.529. The third-order valence-corrected chi connectivity index (χ3v) is 3.23. The van der Waals surface area contributed by atoms with E-state index in [0.717, 1.165) is 11.1 Å². The maximum absolute atomic E-state index is 11.9. The summed E-state index contributed by atoms with van der Waals surface area (Å²) in [7, 11) is 0. The first-order valence-corrected chi connectivity index (χ1v) is 7.79. The van der Waals surface area contributed by atoms with Gasteiger partial charge < -0.3 is 15.4 Å². The lowest BCUT2D eigenvalue weighted by Crippen LogP contribution is -2.51. The Bertz CT molecular complexity index is 671. The fourth-order valence-corrected chi connectivity index (χ4v) is 2.26. The van der Waals surface area contributed by atoms with Gasteiger partial charge in [0.15, 0.2) is 0 Å². The number of hydrogen-bond acceptors (Lipinski definition) is 4. The molecule has 6 nitrogen and oxygen atoms in total. The summed E-state index contributed by atoms with van der Waals surface area (Å²) in [6, 6.07) is 5.98. The lowest BCUT2D eigenvalue weighted by Gasteiger charge is -2.28. The highest BCUT2D eigenvalue weighted by atomic mass is 16.6. The van der Waals surface area contributed by atoms with Crippen LogP contribution in [0.3, 0.4) is 0 Å². The SMILES string of the molecule is CC(C)(CNCc1cnn2ccccc12)NC(=O)OC(C)(C)C. The molecule has 126 valence electrons. The van der Waals surface area contributed by atoms with E-state index in [-0.39, 0.29) is 0 Å². The Balaban J connectivity index is 1.86. The number of ether oxygens (including phenoxy) is 1. The Morgan fingerprint density at radius 1 is 1.26 bits per heavy atom. The van der Waals surface area contributed by atoms with Crippen molar-refractivity contribution in [3.8, 4) is 0 Å². The van der Waals surface area contributed by atoms with Crippen molar-refractivity contribution >= 4 is 11.6 Å². The fourth-order valence-electron chi connectivity index (χ4n) is 2.26. The van der Waals surface area contributed by atoms with Crippen molar-refractivity contribution in [1.29, 1.82) is 0 Å². The first-order valence-electron chi connectivity index (χ1n) is 7.79. The van der Waals surface area contributed by atoms with Gasteiger partial charge in [0.1, 0.15) is 5.60 Å². The molecule has 2 N–H and O–H groups in total. The second-order valence-corrected chi connectivity index (χ2v) is 7.31. The average molecular weight is 318 g/mol. The van der Waals surface area contributed by atoms with Crippen LogP contribution < -0.4 is 10.6 Å². The molecule has 0 unspecified atom stereocenters. The Labute approximate surface area is 137 Å². The van der Waals surface area contributed by atoms with Crippen molar-refractivity contribution in [2.75, 3.05) is 6.54 Å².